The van der Waals surface area contributed by atoms with Gasteiger partial charge in [-0.15, -0.1) is 0 Å². The van der Waals surface area contributed by atoms with Crippen molar-refractivity contribution >= 4 is 28.9 Å². The second-order valence-corrected chi connectivity index (χ2v) is 5.20. The van der Waals surface area contributed by atoms with Crippen LogP contribution in [0.4, 0.5) is 11.4 Å². The normalized spacial score (nSPS) is 12.4. The fraction of sp³-hybridized carbons (Fsp3) is 0.462. The van der Waals surface area contributed by atoms with Crippen molar-refractivity contribution in [3.63, 3.8) is 0 Å². The average molecular weight is 270 g/mol. The Kier molecular flexibility index (Phi) is 4.99. The number of amides is 1. The molecule has 1 amide bonds. The van der Waals surface area contributed by atoms with E-state index in [1.54, 1.807) is 12.1 Å². The first-order valence-electron chi connectivity index (χ1n) is 5.87. The number of carbonyl (C=O) groups is 1. The van der Waals surface area contributed by atoms with Crippen molar-refractivity contribution in [3.05, 3.63) is 23.2 Å². The molecule has 0 aliphatic carbocycles. The summed E-state index contributed by atoms with van der Waals surface area (Å²) in [7, 11) is 3.75. The maximum Gasteiger partial charge on any atom is 0.241 e. The Morgan fingerprint density at radius 3 is 2.50 bits per heavy atom. The third kappa shape index (κ3) is 3.37. The lowest BCUT2D eigenvalue weighted by Crippen LogP contribution is -2.40. The minimum atomic E-state index is -0.529. The van der Waals surface area contributed by atoms with Crippen LogP contribution < -0.4 is 16.0 Å². The summed E-state index contributed by atoms with van der Waals surface area (Å²) in [6, 6.07) is 4.87. The molecular weight excluding hydrogens is 250 g/mol. The zero-order valence-corrected chi connectivity index (χ0v) is 12.0. The molecule has 1 atom stereocenters. The van der Waals surface area contributed by atoms with Gasteiger partial charge in [0.25, 0.3) is 0 Å². The molecule has 0 aromatic heterocycles. The van der Waals surface area contributed by atoms with Crippen LogP contribution >= 0.6 is 11.6 Å². The van der Waals surface area contributed by atoms with Crippen molar-refractivity contribution in [2.75, 3.05) is 24.3 Å². The highest BCUT2D eigenvalue weighted by Gasteiger charge is 2.19. The summed E-state index contributed by atoms with van der Waals surface area (Å²) >= 11 is 6.13. The number of nitrogens with two attached hydrogens (primary N) is 1. The summed E-state index contributed by atoms with van der Waals surface area (Å²) in [6.45, 7) is 3.82. The van der Waals surface area contributed by atoms with E-state index in [2.05, 4.69) is 5.32 Å². The summed E-state index contributed by atoms with van der Waals surface area (Å²) in [6.07, 6.45) is 0. The monoisotopic (exact) mass is 269 g/mol. The van der Waals surface area contributed by atoms with Crippen molar-refractivity contribution < 1.29 is 4.79 Å². The maximum absolute atomic E-state index is 11.9. The van der Waals surface area contributed by atoms with E-state index in [0.717, 1.165) is 5.69 Å². The molecule has 0 fully saturated rings. The molecule has 18 heavy (non-hydrogen) atoms. The molecule has 100 valence electrons. The van der Waals surface area contributed by atoms with E-state index in [9.17, 15) is 4.79 Å². The standard InChI is InChI=1S/C13H20ClN3O/c1-8(2)11(15)13(18)16-10-7-5-6-9(14)12(10)17(3)4/h5-8,11H,15H2,1-4H3,(H,16,18)/t11-/m0/s1. The molecule has 0 bridgehead atoms. The quantitative estimate of drug-likeness (QED) is 0.882. The minimum Gasteiger partial charge on any atom is -0.375 e. The lowest BCUT2D eigenvalue weighted by Gasteiger charge is -2.21. The van der Waals surface area contributed by atoms with Crippen LogP contribution in [0.2, 0.25) is 5.02 Å². The fourth-order valence-corrected chi connectivity index (χ4v) is 1.93. The van der Waals surface area contributed by atoms with Crippen molar-refractivity contribution in [1.82, 2.24) is 0 Å². The first-order valence-corrected chi connectivity index (χ1v) is 6.24. The van der Waals surface area contributed by atoms with Gasteiger partial charge in [-0.3, -0.25) is 4.79 Å². The summed E-state index contributed by atoms with van der Waals surface area (Å²) in [5.74, 6) is -0.109. The lowest BCUT2D eigenvalue weighted by atomic mass is 10.0. The van der Waals surface area contributed by atoms with E-state index in [1.807, 2.05) is 38.9 Å². The highest BCUT2D eigenvalue weighted by Crippen LogP contribution is 2.32. The molecule has 0 spiro atoms. The van der Waals surface area contributed by atoms with Gasteiger partial charge in [-0.05, 0) is 18.1 Å². The van der Waals surface area contributed by atoms with Crippen LogP contribution in [-0.4, -0.2) is 26.0 Å². The molecule has 4 nitrogen and oxygen atoms in total. The third-order valence-corrected chi connectivity index (χ3v) is 3.02. The molecule has 0 aliphatic rings. The van der Waals surface area contributed by atoms with Gasteiger partial charge in [0, 0.05) is 14.1 Å². The van der Waals surface area contributed by atoms with Gasteiger partial charge < -0.3 is 16.0 Å². The molecule has 0 radical (unpaired) electrons. The largest absolute Gasteiger partial charge is 0.375 e. The number of para-hydroxylation sites is 1. The van der Waals surface area contributed by atoms with Crippen molar-refractivity contribution in [1.29, 1.82) is 0 Å². The van der Waals surface area contributed by atoms with Gasteiger partial charge in [0.15, 0.2) is 0 Å². The number of nitrogens with one attached hydrogen (secondary N) is 1. The Labute approximate surface area is 113 Å². The summed E-state index contributed by atoms with van der Waals surface area (Å²) in [5.41, 5.74) is 7.27. The molecule has 3 N–H and O–H groups in total. The number of rotatable bonds is 4. The molecular formula is C13H20ClN3O. The maximum atomic E-state index is 11.9. The SMILES string of the molecule is CC(C)[C@H](N)C(=O)Nc1cccc(Cl)c1N(C)C. The van der Waals surface area contributed by atoms with Crippen LogP contribution in [0.3, 0.4) is 0 Å². The van der Waals surface area contributed by atoms with Gasteiger partial charge in [-0.1, -0.05) is 31.5 Å². The number of carbonyl (C=O) groups excluding carboxylic acids is 1. The highest BCUT2D eigenvalue weighted by molar-refractivity contribution is 6.34. The van der Waals surface area contributed by atoms with E-state index in [-0.39, 0.29) is 11.8 Å². The zero-order valence-electron chi connectivity index (χ0n) is 11.2. The molecule has 5 heteroatoms. The number of hydrogen-bond acceptors (Lipinski definition) is 3. The Hall–Kier alpha value is -1.26. The predicted molar refractivity (Wildman–Crippen MR) is 77.2 cm³/mol. The summed E-state index contributed by atoms with van der Waals surface area (Å²) in [5, 5.41) is 3.42. The van der Waals surface area contributed by atoms with Gasteiger partial charge in [-0.25, -0.2) is 0 Å². The summed E-state index contributed by atoms with van der Waals surface area (Å²) < 4.78 is 0. The lowest BCUT2D eigenvalue weighted by molar-refractivity contribution is -0.118. The second kappa shape index (κ2) is 6.07. The summed E-state index contributed by atoms with van der Waals surface area (Å²) in [4.78, 5) is 13.8. The van der Waals surface area contributed by atoms with E-state index >= 15 is 0 Å². The molecule has 0 saturated heterocycles. The molecule has 1 aromatic rings. The fourth-order valence-electron chi connectivity index (χ4n) is 1.59. The molecule has 1 rings (SSSR count). The highest BCUT2D eigenvalue weighted by atomic mass is 35.5. The van der Waals surface area contributed by atoms with Gasteiger partial charge >= 0.3 is 0 Å². The Morgan fingerprint density at radius 1 is 1.39 bits per heavy atom. The molecule has 0 heterocycles. The first kappa shape index (κ1) is 14.8. The Balaban J connectivity index is 2.98. The van der Waals surface area contributed by atoms with Crippen LogP contribution in [0, 0.1) is 5.92 Å². The number of nitrogens with zero attached hydrogens (tertiary/aromatic N) is 1. The molecule has 1 aromatic carbocycles. The number of halogens is 1. The minimum absolute atomic E-state index is 0.0898. The van der Waals surface area contributed by atoms with E-state index in [4.69, 9.17) is 17.3 Å². The number of benzene rings is 1. The van der Waals surface area contributed by atoms with Crippen LogP contribution in [0.1, 0.15) is 13.8 Å². The zero-order chi connectivity index (χ0) is 13.9. The van der Waals surface area contributed by atoms with Crippen LogP contribution in [-0.2, 0) is 4.79 Å². The van der Waals surface area contributed by atoms with Gasteiger partial charge in [-0.2, -0.15) is 0 Å². The van der Waals surface area contributed by atoms with Gasteiger partial charge in [0.05, 0.1) is 22.4 Å². The van der Waals surface area contributed by atoms with E-state index < -0.39 is 6.04 Å². The van der Waals surface area contributed by atoms with Crippen LogP contribution in [0.5, 0.6) is 0 Å². The van der Waals surface area contributed by atoms with Crippen LogP contribution in [0.15, 0.2) is 18.2 Å². The third-order valence-electron chi connectivity index (χ3n) is 2.71. The number of hydrogen-bond donors (Lipinski definition) is 2. The smallest absolute Gasteiger partial charge is 0.241 e. The Morgan fingerprint density at radius 2 is 2.00 bits per heavy atom. The molecule has 0 aliphatic heterocycles. The van der Waals surface area contributed by atoms with Gasteiger partial charge in [0.1, 0.15) is 0 Å². The predicted octanol–water partition coefficient (Wildman–Crippen LogP) is 2.33. The molecule has 0 saturated carbocycles. The first-order chi connectivity index (χ1) is 8.34. The van der Waals surface area contributed by atoms with E-state index in [1.165, 1.54) is 0 Å². The molecule has 0 unspecified atom stereocenters. The van der Waals surface area contributed by atoms with Gasteiger partial charge in [0.2, 0.25) is 5.91 Å². The topological polar surface area (TPSA) is 58.4 Å². The second-order valence-electron chi connectivity index (χ2n) is 4.79. The van der Waals surface area contributed by atoms with Crippen molar-refractivity contribution in [3.8, 4) is 0 Å². The van der Waals surface area contributed by atoms with Crippen molar-refractivity contribution in [2.45, 2.75) is 19.9 Å². The van der Waals surface area contributed by atoms with E-state index in [0.29, 0.717) is 10.7 Å². The number of anilines is 2. The average Bonchev–Trinajstić information content (AvgIpc) is 2.27. The Bertz CT molecular complexity index is 432. The van der Waals surface area contributed by atoms with Crippen LogP contribution in [0.25, 0.3) is 0 Å². The van der Waals surface area contributed by atoms with Crippen molar-refractivity contribution in [2.24, 2.45) is 11.7 Å².